The van der Waals surface area contributed by atoms with Gasteiger partial charge in [-0.15, -0.1) is 0 Å². The van der Waals surface area contributed by atoms with Crippen molar-refractivity contribution in [2.45, 2.75) is 12.1 Å². The normalized spacial score (nSPS) is 6.81. The summed E-state index contributed by atoms with van der Waals surface area (Å²) in [5, 5.41) is 9.09. The van der Waals surface area contributed by atoms with Crippen LogP contribution in [0.4, 0.5) is 22.0 Å². The Morgan fingerprint density at radius 3 is 0.857 bits per heavy atom. The van der Waals surface area contributed by atoms with E-state index >= 15 is 0 Å². The summed E-state index contributed by atoms with van der Waals surface area (Å²) in [7, 11) is 0. The maximum absolute atomic E-state index is 11.3. The predicted octanol–water partition coefficient (Wildman–Crippen LogP) is -0.256. The molecule has 0 N–H and O–H groups in total. The number of carboxylic acids is 1. The van der Waals surface area contributed by atoms with Gasteiger partial charge in [0, 0.05) is 17.1 Å². The minimum absolute atomic E-state index is 0. The third-order valence-electron chi connectivity index (χ3n) is 0.612. The zero-order valence-corrected chi connectivity index (χ0v) is 10.3. The second-order valence-electron chi connectivity index (χ2n) is 1.36. The fourth-order valence-corrected chi connectivity index (χ4v) is 0.116. The van der Waals surface area contributed by atoms with Crippen molar-refractivity contribution in [3.63, 3.8) is 0 Å². The minimum atomic E-state index is -6.08. The Balaban J connectivity index is -0.0000000303. The summed E-state index contributed by atoms with van der Waals surface area (Å²) < 4.78 is 92.8. The molecule has 0 aliphatic rings. The average molecular weight is 358 g/mol. The van der Waals surface area contributed by atoms with Crippen LogP contribution in [0.2, 0.25) is 0 Å². The van der Waals surface area contributed by atoms with Gasteiger partial charge in [0.05, 0.1) is 0 Å². The van der Waals surface area contributed by atoms with Crippen molar-refractivity contribution in [2.75, 3.05) is 0 Å². The van der Waals surface area contributed by atoms with Gasteiger partial charge in [0.2, 0.25) is 0 Å². The van der Waals surface area contributed by atoms with Crippen LogP contribution in [-0.4, -0.2) is 18.1 Å². The number of carboxylic acid groups (broad SMARTS) is 1. The van der Waals surface area contributed by atoms with Crippen molar-refractivity contribution >= 4 is 5.97 Å². The third kappa shape index (κ3) is 27.5. The Bertz CT molecular complexity index is 294. The van der Waals surface area contributed by atoms with Gasteiger partial charge in [-0.2, -0.15) is 22.0 Å². The standard InChI is InChI=1S/C3HF5O2.5CO.Mn/c4-2(5,1(9)10)3(6,7)8;5*1-2;/h(H,9,10);;;;;;/p-1. The fraction of sp³-hybridized carbons (Fsp3) is 0.250. The van der Waals surface area contributed by atoms with E-state index in [2.05, 4.69) is 33.3 Å². The molecule has 0 heterocycles. The third-order valence-corrected chi connectivity index (χ3v) is 0.612. The van der Waals surface area contributed by atoms with E-state index < -0.39 is 18.1 Å². The Kier molecular flexibility index (Phi) is 63.0. The van der Waals surface area contributed by atoms with E-state index in [0.717, 1.165) is 0 Å². The second-order valence-corrected chi connectivity index (χ2v) is 1.36. The number of hydrogen-bond donors (Lipinski definition) is 0. The van der Waals surface area contributed by atoms with Crippen LogP contribution in [0.25, 0.3) is 0 Å². The topological polar surface area (TPSA) is 140 Å². The number of carbonyl (C=O) groups is 1. The van der Waals surface area contributed by atoms with Crippen LogP contribution in [0.3, 0.4) is 0 Å². The van der Waals surface area contributed by atoms with E-state index in [9.17, 15) is 22.0 Å². The van der Waals surface area contributed by atoms with Gasteiger partial charge < -0.3 is 9.90 Å². The van der Waals surface area contributed by atoms with Crippen molar-refractivity contribution in [3.05, 3.63) is 33.3 Å². The van der Waals surface area contributed by atoms with Crippen LogP contribution in [0.1, 0.15) is 0 Å². The van der Waals surface area contributed by atoms with E-state index in [1.807, 2.05) is 0 Å². The smallest absolute Gasteiger partial charge is 0 e. The number of rotatable bonds is 1. The predicted molar refractivity (Wildman–Crippen MR) is 35.7 cm³/mol. The molecule has 0 bridgehead atoms. The maximum Gasteiger partial charge on any atom is 0 e. The summed E-state index contributed by atoms with van der Waals surface area (Å²) >= 11 is 0. The first-order chi connectivity index (χ1) is 9.19. The SMILES string of the molecule is O=C([O-])C(F)(F)C(F)(F)F.[C-]#[O+].[C-]#[O+].[C-]#[O+].[C-]#[O+].[C-]#[O+].[Mn]. The monoisotopic (exact) mass is 358 g/mol. The largest absolute Gasteiger partial charge is 0 e. The van der Waals surface area contributed by atoms with Gasteiger partial charge in [-0.05, 0) is 0 Å². The molecular weight excluding hydrogens is 358 g/mol. The molecule has 0 amide bonds. The van der Waals surface area contributed by atoms with Crippen LogP contribution in [-0.2, 0) is 45.1 Å². The molecule has 13 heteroatoms. The second kappa shape index (κ2) is 31.0. The summed E-state index contributed by atoms with van der Waals surface area (Å²) in [6.07, 6.45) is -6.08. The van der Waals surface area contributed by atoms with Crippen LogP contribution in [0, 0.1) is 33.3 Å². The number of hydrogen-bond acceptors (Lipinski definition) is 2. The zero-order chi connectivity index (χ0) is 18.6. The molecule has 21 heavy (non-hydrogen) atoms. The maximum atomic E-state index is 11.3. The molecule has 1 radical (unpaired) electrons. The van der Waals surface area contributed by atoms with Crippen LogP contribution >= 0.6 is 0 Å². The van der Waals surface area contributed by atoms with Gasteiger partial charge in [0.15, 0.2) is 0 Å². The van der Waals surface area contributed by atoms with E-state index in [4.69, 9.17) is 33.2 Å². The number of carbonyl (C=O) groups excluding carboxylic acids is 1. The van der Waals surface area contributed by atoms with Crippen molar-refractivity contribution in [1.29, 1.82) is 0 Å². The Hall–Kier alpha value is -1.66. The molecule has 117 valence electrons. The number of halogens is 5. The summed E-state index contributed by atoms with van der Waals surface area (Å²) in [6.45, 7) is 22.5. The van der Waals surface area contributed by atoms with Gasteiger partial charge in [-0.1, -0.05) is 0 Å². The van der Waals surface area contributed by atoms with Crippen LogP contribution in [0.15, 0.2) is 0 Å². The number of aliphatic carboxylic acids is 1. The van der Waals surface area contributed by atoms with E-state index in [-0.39, 0.29) is 17.1 Å². The van der Waals surface area contributed by atoms with Crippen molar-refractivity contribution < 1.29 is 72.2 Å². The molecule has 0 aromatic rings. The van der Waals surface area contributed by atoms with Crippen molar-refractivity contribution in [3.8, 4) is 0 Å². The molecule has 0 aromatic carbocycles. The summed E-state index contributed by atoms with van der Waals surface area (Å²) in [4.78, 5) is 9.09. The molecule has 0 saturated carbocycles. The molecule has 0 fully saturated rings. The molecule has 0 aromatic heterocycles. The first-order valence-electron chi connectivity index (χ1n) is 2.87. The molecular formula is C8F5MnO7-. The quantitative estimate of drug-likeness (QED) is 0.276. The van der Waals surface area contributed by atoms with Crippen molar-refractivity contribution in [2.24, 2.45) is 0 Å². The average Bonchev–Trinajstić information content (AvgIpc) is 2.48. The van der Waals surface area contributed by atoms with Crippen LogP contribution in [0.5, 0.6) is 0 Å². The molecule has 0 spiro atoms. The van der Waals surface area contributed by atoms with Gasteiger partial charge in [-0.3, -0.25) is 0 Å². The molecule has 0 unspecified atom stereocenters. The molecule has 0 saturated heterocycles. The van der Waals surface area contributed by atoms with Crippen LogP contribution < -0.4 is 5.11 Å². The van der Waals surface area contributed by atoms with E-state index in [1.54, 1.807) is 0 Å². The summed E-state index contributed by atoms with van der Waals surface area (Å²) in [5.41, 5.74) is 0. The molecule has 0 rings (SSSR count). The summed E-state index contributed by atoms with van der Waals surface area (Å²) in [6, 6.07) is 0. The van der Waals surface area contributed by atoms with Crippen molar-refractivity contribution in [1.82, 2.24) is 0 Å². The molecule has 0 aliphatic carbocycles. The van der Waals surface area contributed by atoms with E-state index in [1.165, 1.54) is 0 Å². The molecule has 0 atom stereocenters. The fourth-order valence-electron chi connectivity index (χ4n) is 0.116. The Morgan fingerprint density at radius 1 is 0.714 bits per heavy atom. The Morgan fingerprint density at radius 2 is 0.857 bits per heavy atom. The molecule has 0 aliphatic heterocycles. The summed E-state index contributed by atoms with van der Waals surface area (Å²) in [5.74, 6) is -9.20. The van der Waals surface area contributed by atoms with Gasteiger partial charge in [-0.25, -0.2) is 0 Å². The van der Waals surface area contributed by atoms with Gasteiger partial charge in [0.25, 0.3) is 0 Å². The Labute approximate surface area is 124 Å². The zero-order valence-electron chi connectivity index (χ0n) is 9.13. The van der Waals surface area contributed by atoms with Gasteiger partial charge >= 0.3 is 68.6 Å². The number of alkyl halides is 5. The minimum Gasteiger partial charge on any atom is 0 e. The first kappa shape index (κ1) is 42.7. The molecule has 7 nitrogen and oxygen atoms in total. The van der Waals surface area contributed by atoms with E-state index in [0.29, 0.717) is 0 Å². The van der Waals surface area contributed by atoms with Gasteiger partial charge in [0.1, 0.15) is 5.97 Å². The first-order valence-corrected chi connectivity index (χ1v) is 2.87.